The number of ketones is 1. The van der Waals surface area contributed by atoms with Crippen molar-refractivity contribution >= 4 is 32.3 Å². The number of sulfonamides is 1. The van der Waals surface area contributed by atoms with Gasteiger partial charge in [0, 0.05) is 17.5 Å². The number of anilines is 1. The summed E-state index contributed by atoms with van der Waals surface area (Å²) in [6.45, 7) is 0.348. The Morgan fingerprint density at radius 3 is 2.67 bits per heavy atom. The van der Waals surface area contributed by atoms with Crippen LogP contribution in [0.2, 0.25) is 0 Å². The summed E-state index contributed by atoms with van der Waals surface area (Å²) in [5.41, 5.74) is 2.06. The van der Waals surface area contributed by atoms with Crippen LogP contribution in [0, 0.1) is 0 Å². The molecule has 0 radical (unpaired) electrons. The van der Waals surface area contributed by atoms with Crippen LogP contribution in [-0.4, -0.2) is 33.6 Å². The van der Waals surface area contributed by atoms with Crippen LogP contribution in [0.5, 0.6) is 5.75 Å². The van der Waals surface area contributed by atoms with Crippen molar-refractivity contribution in [3.05, 3.63) is 71.8 Å². The number of benzene rings is 3. The van der Waals surface area contributed by atoms with Crippen molar-refractivity contribution in [2.45, 2.75) is 6.42 Å². The largest absolute Gasteiger partial charge is 0.485 e. The third-order valence-corrected chi connectivity index (χ3v) is 5.94. The third kappa shape index (κ3) is 3.40. The van der Waals surface area contributed by atoms with Gasteiger partial charge in [0.25, 0.3) is 0 Å². The maximum absolute atomic E-state index is 12.6. The summed E-state index contributed by atoms with van der Waals surface area (Å²) in [7, 11) is -3.29. The SMILES string of the molecule is CS(=O)(=O)N1CCc2cc(C(=O)COc3cccc4ccccc34)ccc21. The molecular formula is C21H19NO4S. The number of rotatable bonds is 5. The Labute approximate surface area is 158 Å². The molecule has 138 valence electrons. The minimum Gasteiger partial charge on any atom is -0.485 e. The average Bonchev–Trinajstić information content (AvgIpc) is 3.09. The highest BCUT2D eigenvalue weighted by molar-refractivity contribution is 7.92. The minimum absolute atomic E-state index is 0.0669. The molecule has 4 rings (SSSR count). The van der Waals surface area contributed by atoms with Gasteiger partial charge in [0.2, 0.25) is 10.0 Å². The lowest BCUT2D eigenvalue weighted by Gasteiger charge is -2.16. The van der Waals surface area contributed by atoms with Gasteiger partial charge in [0.05, 0.1) is 11.9 Å². The molecule has 0 saturated heterocycles. The summed E-state index contributed by atoms with van der Waals surface area (Å²) in [6, 6.07) is 18.7. The summed E-state index contributed by atoms with van der Waals surface area (Å²) >= 11 is 0. The van der Waals surface area contributed by atoms with E-state index in [-0.39, 0.29) is 12.4 Å². The predicted molar refractivity (Wildman–Crippen MR) is 106 cm³/mol. The molecule has 5 nitrogen and oxygen atoms in total. The lowest BCUT2D eigenvalue weighted by Crippen LogP contribution is -2.27. The van der Waals surface area contributed by atoms with Gasteiger partial charge in [-0.15, -0.1) is 0 Å². The zero-order valence-corrected chi connectivity index (χ0v) is 15.7. The molecule has 27 heavy (non-hydrogen) atoms. The number of carbonyl (C=O) groups excluding carboxylic acids is 1. The van der Waals surface area contributed by atoms with Crippen molar-refractivity contribution in [2.24, 2.45) is 0 Å². The Balaban J connectivity index is 1.53. The average molecular weight is 381 g/mol. The molecule has 1 heterocycles. The Kier molecular flexibility index (Phi) is 4.36. The van der Waals surface area contributed by atoms with E-state index in [1.54, 1.807) is 18.2 Å². The molecule has 1 aliphatic heterocycles. The van der Waals surface area contributed by atoms with E-state index in [4.69, 9.17) is 4.74 Å². The predicted octanol–water partition coefficient (Wildman–Crippen LogP) is 3.42. The van der Waals surface area contributed by atoms with Crippen LogP contribution in [0.15, 0.2) is 60.7 Å². The van der Waals surface area contributed by atoms with Crippen molar-refractivity contribution in [1.29, 1.82) is 0 Å². The molecule has 3 aromatic rings. The Morgan fingerprint density at radius 2 is 1.85 bits per heavy atom. The van der Waals surface area contributed by atoms with E-state index in [1.807, 2.05) is 42.5 Å². The van der Waals surface area contributed by atoms with Gasteiger partial charge in [-0.25, -0.2) is 8.42 Å². The Bertz CT molecular complexity index is 1130. The van der Waals surface area contributed by atoms with Gasteiger partial charge in [-0.2, -0.15) is 0 Å². The van der Waals surface area contributed by atoms with E-state index < -0.39 is 10.0 Å². The van der Waals surface area contributed by atoms with E-state index in [9.17, 15) is 13.2 Å². The first kappa shape index (κ1) is 17.5. The van der Waals surface area contributed by atoms with Crippen LogP contribution < -0.4 is 9.04 Å². The highest BCUT2D eigenvalue weighted by atomic mass is 32.2. The second kappa shape index (κ2) is 6.70. The number of hydrogen-bond acceptors (Lipinski definition) is 4. The molecular weight excluding hydrogens is 362 g/mol. The van der Waals surface area contributed by atoms with Gasteiger partial charge < -0.3 is 4.74 Å². The molecule has 0 aromatic heterocycles. The molecule has 0 N–H and O–H groups in total. The Morgan fingerprint density at radius 1 is 1.07 bits per heavy atom. The molecule has 0 unspecified atom stereocenters. The van der Waals surface area contributed by atoms with Crippen LogP contribution in [0.25, 0.3) is 10.8 Å². The highest BCUT2D eigenvalue weighted by Gasteiger charge is 2.26. The van der Waals surface area contributed by atoms with Crippen LogP contribution in [-0.2, 0) is 16.4 Å². The normalized spacial score (nSPS) is 13.6. The van der Waals surface area contributed by atoms with E-state index in [1.165, 1.54) is 10.6 Å². The van der Waals surface area contributed by atoms with Crippen molar-refractivity contribution < 1.29 is 17.9 Å². The number of ether oxygens (including phenoxy) is 1. The second-order valence-electron chi connectivity index (χ2n) is 6.62. The van der Waals surface area contributed by atoms with Crippen molar-refractivity contribution in [3.8, 4) is 5.75 Å². The molecule has 0 aliphatic carbocycles. The summed E-state index contributed by atoms with van der Waals surface area (Å²) in [5, 5.41) is 2.02. The third-order valence-electron chi connectivity index (χ3n) is 4.76. The first-order valence-electron chi connectivity index (χ1n) is 8.68. The lowest BCUT2D eigenvalue weighted by atomic mass is 10.1. The lowest BCUT2D eigenvalue weighted by molar-refractivity contribution is 0.0922. The van der Waals surface area contributed by atoms with Gasteiger partial charge in [-0.3, -0.25) is 9.10 Å². The maximum atomic E-state index is 12.6. The zero-order chi connectivity index (χ0) is 19.0. The summed E-state index contributed by atoms with van der Waals surface area (Å²) in [5.74, 6) is 0.536. The van der Waals surface area contributed by atoms with Gasteiger partial charge in [0.1, 0.15) is 5.75 Å². The second-order valence-corrected chi connectivity index (χ2v) is 8.52. The van der Waals surface area contributed by atoms with Crippen molar-refractivity contribution in [2.75, 3.05) is 23.7 Å². The fraction of sp³-hybridized carbons (Fsp3) is 0.190. The quantitative estimate of drug-likeness (QED) is 0.635. The molecule has 6 heteroatoms. The van der Waals surface area contributed by atoms with E-state index in [0.717, 1.165) is 16.3 Å². The molecule has 3 aromatic carbocycles. The van der Waals surface area contributed by atoms with E-state index in [2.05, 4.69) is 0 Å². The summed E-state index contributed by atoms with van der Waals surface area (Å²) < 4.78 is 30.8. The maximum Gasteiger partial charge on any atom is 0.232 e. The molecule has 0 spiro atoms. The van der Waals surface area contributed by atoms with Gasteiger partial charge in [-0.1, -0.05) is 36.4 Å². The smallest absolute Gasteiger partial charge is 0.232 e. The van der Waals surface area contributed by atoms with Gasteiger partial charge in [-0.05, 0) is 41.6 Å². The number of carbonyl (C=O) groups is 1. The van der Waals surface area contributed by atoms with Gasteiger partial charge in [0.15, 0.2) is 12.4 Å². The monoisotopic (exact) mass is 381 g/mol. The summed E-state index contributed by atoms with van der Waals surface area (Å²) in [6.07, 6.45) is 1.80. The van der Waals surface area contributed by atoms with Crippen molar-refractivity contribution in [3.63, 3.8) is 0 Å². The van der Waals surface area contributed by atoms with E-state index >= 15 is 0 Å². The fourth-order valence-corrected chi connectivity index (χ4v) is 4.40. The molecule has 1 aliphatic rings. The summed E-state index contributed by atoms with van der Waals surface area (Å²) in [4.78, 5) is 12.6. The number of fused-ring (bicyclic) bond motifs is 2. The molecule has 0 saturated carbocycles. The minimum atomic E-state index is -3.29. The molecule has 0 bridgehead atoms. The number of hydrogen-bond donors (Lipinski definition) is 0. The topological polar surface area (TPSA) is 63.7 Å². The van der Waals surface area contributed by atoms with Crippen LogP contribution in [0.3, 0.4) is 0 Å². The molecule has 0 atom stereocenters. The molecule has 0 amide bonds. The van der Waals surface area contributed by atoms with Crippen LogP contribution in [0.1, 0.15) is 15.9 Å². The highest BCUT2D eigenvalue weighted by Crippen LogP contribution is 2.31. The first-order chi connectivity index (χ1) is 12.9. The fourth-order valence-electron chi connectivity index (χ4n) is 3.44. The van der Waals surface area contributed by atoms with Gasteiger partial charge >= 0.3 is 0 Å². The Hall–Kier alpha value is -2.86. The van der Waals surface area contributed by atoms with E-state index in [0.29, 0.717) is 30.0 Å². The number of nitrogens with zero attached hydrogens (tertiary/aromatic N) is 1. The molecule has 0 fully saturated rings. The zero-order valence-electron chi connectivity index (χ0n) is 14.9. The number of Topliss-reactive ketones (excluding diaryl/α,β-unsaturated/α-hetero) is 1. The van der Waals surface area contributed by atoms with Crippen molar-refractivity contribution in [1.82, 2.24) is 0 Å². The van der Waals surface area contributed by atoms with Crippen LogP contribution in [0.4, 0.5) is 5.69 Å². The standard InChI is InChI=1S/C21H19NO4S/c1-27(24,25)22-12-11-16-13-17(9-10-19(16)22)20(23)14-26-21-8-4-6-15-5-2-3-7-18(15)21/h2-10,13H,11-12,14H2,1H3. The first-order valence-corrected chi connectivity index (χ1v) is 10.5. The van der Waals surface area contributed by atoms with Crippen LogP contribution >= 0.6 is 0 Å².